The van der Waals surface area contributed by atoms with Gasteiger partial charge in [0.05, 0.1) is 11.5 Å². The lowest BCUT2D eigenvalue weighted by Crippen LogP contribution is -2.17. The molecular formula is C17H15NO3S3. The number of aromatic hydroxyl groups is 1. The Morgan fingerprint density at radius 3 is 2.79 bits per heavy atom. The molecule has 7 heteroatoms. The van der Waals surface area contributed by atoms with Crippen LogP contribution in [-0.2, 0) is 4.79 Å². The zero-order valence-electron chi connectivity index (χ0n) is 13.1. The molecule has 4 nitrogen and oxygen atoms in total. The smallest absolute Gasteiger partial charge is 0.263 e. The Kier molecular flexibility index (Phi) is 4.93. The van der Waals surface area contributed by atoms with Crippen molar-refractivity contribution >= 4 is 51.6 Å². The van der Waals surface area contributed by atoms with Gasteiger partial charge in [0, 0.05) is 10.4 Å². The van der Waals surface area contributed by atoms with Crippen LogP contribution in [0.4, 0.5) is 0 Å². The van der Waals surface area contributed by atoms with E-state index in [9.17, 15) is 9.90 Å². The summed E-state index contributed by atoms with van der Waals surface area (Å²) >= 11 is 7.80. The minimum atomic E-state index is -0.204. The molecule has 1 saturated heterocycles. The van der Waals surface area contributed by atoms with Crippen molar-refractivity contribution in [1.29, 1.82) is 0 Å². The first-order valence-corrected chi connectivity index (χ1v) is 9.39. The monoisotopic (exact) mass is 377 g/mol. The molecule has 1 aliphatic rings. The second kappa shape index (κ2) is 6.96. The summed E-state index contributed by atoms with van der Waals surface area (Å²) < 4.78 is 6.01. The van der Waals surface area contributed by atoms with Crippen LogP contribution < -0.4 is 10.1 Å². The SMILES string of the molecule is CCOc1cc(C=C2SC(=S)NC2=O)cc(-c2sccc2C)c1O. The number of phenolic OH excluding ortho intramolecular Hbond substituents is 1. The van der Waals surface area contributed by atoms with Gasteiger partial charge in [0.15, 0.2) is 11.5 Å². The number of thiophene rings is 1. The topological polar surface area (TPSA) is 58.6 Å². The predicted octanol–water partition coefficient (Wildman–Crippen LogP) is 4.32. The normalized spacial score (nSPS) is 15.8. The van der Waals surface area contributed by atoms with Gasteiger partial charge >= 0.3 is 0 Å². The van der Waals surface area contributed by atoms with Gasteiger partial charge in [-0.1, -0.05) is 24.0 Å². The number of ether oxygens (including phenoxy) is 1. The molecule has 2 heterocycles. The number of hydrogen-bond donors (Lipinski definition) is 2. The summed E-state index contributed by atoms with van der Waals surface area (Å²) in [5.41, 5.74) is 2.56. The molecule has 0 unspecified atom stereocenters. The van der Waals surface area contributed by atoms with Crippen molar-refractivity contribution in [2.75, 3.05) is 6.61 Å². The number of aryl methyl sites for hydroxylation is 1. The van der Waals surface area contributed by atoms with E-state index in [0.29, 0.717) is 27.1 Å². The lowest BCUT2D eigenvalue weighted by atomic mass is 10.0. The van der Waals surface area contributed by atoms with Crippen LogP contribution in [0.25, 0.3) is 16.5 Å². The van der Waals surface area contributed by atoms with Gasteiger partial charge < -0.3 is 15.2 Å². The third-order valence-electron chi connectivity index (χ3n) is 3.44. The first kappa shape index (κ1) is 17.0. The van der Waals surface area contributed by atoms with E-state index in [1.165, 1.54) is 11.8 Å². The number of hydrogen-bond acceptors (Lipinski definition) is 6. The first-order valence-electron chi connectivity index (χ1n) is 7.28. The Morgan fingerprint density at radius 2 is 2.21 bits per heavy atom. The predicted molar refractivity (Wildman–Crippen MR) is 104 cm³/mol. The molecule has 2 N–H and O–H groups in total. The Morgan fingerprint density at radius 1 is 1.42 bits per heavy atom. The Bertz CT molecular complexity index is 855. The first-order chi connectivity index (χ1) is 11.5. The van der Waals surface area contributed by atoms with Crippen molar-refractivity contribution in [2.45, 2.75) is 13.8 Å². The van der Waals surface area contributed by atoms with E-state index in [0.717, 1.165) is 16.0 Å². The molecule has 2 aromatic rings. The fraction of sp³-hybridized carbons (Fsp3) is 0.176. The molecule has 0 radical (unpaired) electrons. The third kappa shape index (κ3) is 3.33. The van der Waals surface area contributed by atoms with E-state index in [1.54, 1.807) is 23.5 Å². The van der Waals surface area contributed by atoms with Crippen molar-refractivity contribution in [2.24, 2.45) is 0 Å². The largest absolute Gasteiger partial charge is 0.504 e. The molecule has 1 aromatic heterocycles. The Hall–Kier alpha value is -1.83. The number of carbonyl (C=O) groups excluding carboxylic acids is 1. The summed E-state index contributed by atoms with van der Waals surface area (Å²) in [4.78, 5) is 13.4. The minimum Gasteiger partial charge on any atom is -0.504 e. The maximum atomic E-state index is 11.9. The van der Waals surface area contributed by atoms with E-state index >= 15 is 0 Å². The number of carbonyl (C=O) groups is 1. The minimum absolute atomic E-state index is 0.114. The molecule has 0 saturated carbocycles. The Labute approximate surface area is 153 Å². The second-order valence-corrected chi connectivity index (χ2v) is 7.77. The number of benzene rings is 1. The highest BCUT2D eigenvalue weighted by molar-refractivity contribution is 8.26. The molecule has 1 aromatic carbocycles. The van der Waals surface area contributed by atoms with Gasteiger partial charge in [0.1, 0.15) is 4.32 Å². The molecule has 0 bridgehead atoms. The molecule has 0 atom stereocenters. The van der Waals surface area contributed by atoms with Crippen molar-refractivity contribution in [1.82, 2.24) is 5.32 Å². The third-order valence-corrected chi connectivity index (χ3v) is 5.66. The van der Waals surface area contributed by atoms with Crippen LogP contribution >= 0.6 is 35.3 Å². The van der Waals surface area contributed by atoms with Crippen molar-refractivity contribution in [3.05, 3.63) is 39.6 Å². The van der Waals surface area contributed by atoms with E-state index in [1.807, 2.05) is 31.4 Å². The highest BCUT2D eigenvalue weighted by Gasteiger charge is 2.23. The molecule has 24 heavy (non-hydrogen) atoms. The van der Waals surface area contributed by atoms with Crippen LogP contribution in [0.2, 0.25) is 0 Å². The second-order valence-electron chi connectivity index (χ2n) is 5.13. The molecule has 124 valence electrons. The summed E-state index contributed by atoms with van der Waals surface area (Å²) in [5.74, 6) is 0.314. The van der Waals surface area contributed by atoms with Gasteiger partial charge in [-0.2, -0.15) is 0 Å². The highest BCUT2D eigenvalue weighted by Crippen LogP contribution is 2.42. The fourth-order valence-corrected chi connectivity index (χ4v) is 4.36. The average molecular weight is 378 g/mol. The maximum absolute atomic E-state index is 11.9. The van der Waals surface area contributed by atoms with Gasteiger partial charge in [0.2, 0.25) is 0 Å². The number of rotatable bonds is 4. The van der Waals surface area contributed by atoms with Crippen LogP contribution in [0.5, 0.6) is 11.5 Å². The molecule has 3 rings (SSSR count). The average Bonchev–Trinajstić information content (AvgIpc) is 3.08. The highest BCUT2D eigenvalue weighted by atomic mass is 32.2. The number of phenols is 1. The van der Waals surface area contributed by atoms with Crippen molar-refractivity contribution in [3.8, 4) is 21.9 Å². The number of nitrogens with one attached hydrogen (secondary N) is 1. The number of amides is 1. The van der Waals surface area contributed by atoms with Gasteiger partial charge in [-0.3, -0.25) is 4.79 Å². The van der Waals surface area contributed by atoms with Crippen molar-refractivity contribution in [3.63, 3.8) is 0 Å². The standard InChI is InChI=1S/C17H15NO3S3/c1-3-21-12-7-10(8-13-16(20)18-17(22)24-13)6-11(14(12)19)15-9(2)4-5-23-15/h4-8,19H,3H2,1-2H3,(H,18,20,22). The summed E-state index contributed by atoms with van der Waals surface area (Å²) in [6, 6.07) is 5.59. The van der Waals surface area contributed by atoms with Crippen LogP contribution in [0.1, 0.15) is 18.1 Å². The van der Waals surface area contributed by atoms with Gasteiger partial charge in [-0.05, 0) is 54.6 Å². The molecule has 1 aliphatic heterocycles. The van der Waals surface area contributed by atoms with Crippen molar-refractivity contribution < 1.29 is 14.6 Å². The van der Waals surface area contributed by atoms with Crippen LogP contribution in [0.15, 0.2) is 28.5 Å². The zero-order valence-corrected chi connectivity index (χ0v) is 15.5. The molecular weight excluding hydrogens is 362 g/mol. The summed E-state index contributed by atoms with van der Waals surface area (Å²) in [5, 5.41) is 15.1. The number of thioether (sulfide) groups is 1. The van der Waals surface area contributed by atoms with E-state index in [2.05, 4.69) is 5.32 Å². The van der Waals surface area contributed by atoms with Crippen LogP contribution in [0.3, 0.4) is 0 Å². The summed E-state index contributed by atoms with van der Waals surface area (Å²) in [6.07, 6.45) is 1.76. The molecule has 0 aliphatic carbocycles. The molecule has 0 spiro atoms. The Balaban J connectivity index is 2.12. The zero-order chi connectivity index (χ0) is 17.3. The lowest BCUT2D eigenvalue weighted by molar-refractivity contribution is -0.115. The quantitative estimate of drug-likeness (QED) is 0.614. The van der Waals surface area contributed by atoms with Gasteiger partial charge in [0.25, 0.3) is 5.91 Å². The van der Waals surface area contributed by atoms with E-state index in [-0.39, 0.29) is 11.7 Å². The molecule has 1 fully saturated rings. The van der Waals surface area contributed by atoms with Crippen LogP contribution in [0, 0.1) is 6.92 Å². The van der Waals surface area contributed by atoms with Gasteiger partial charge in [-0.15, -0.1) is 11.3 Å². The van der Waals surface area contributed by atoms with Gasteiger partial charge in [-0.25, -0.2) is 0 Å². The van der Waals surface area contributed by atoms with E-state index < -0.39 is 0 Å². The number of thiocarbonyl (C=S) groups is 1. The maximum Gasteiger partial charge on any atom is 0.263 e. The summed E-state index contributed by atoms with van der Waals surface area (Å²) in [6.45, 7) is 4.30. The van der Waals surface area contributed by atoms with E-state index in [4.69, 9.17) is 17.0 Å². The molecule has 1 amide bonds. The summed E-state index contributed by atoms with van der Waals surface area (Å²) in [7, 11) is 0. The fourth-order valence-electron chi connectivity index (χ4n) is 2.37. The lowest BCUT2D eigenvalue weighted by Gasteiger charge is -2.12. The van der Waals surface area contributed by atoms with Crippen LogP contribution in [-0.4, -0.2) is 21.9 Å².